The summed E-state index contributed by atoms with van der Waals surface area (Å²) in [6, 6.07) is 9.37. The zero-order chi connectivity index (χ0) is 16.1. The number of aromatic nitrogens is 2. The number of carbonyl (C=O) groups is 1. The monoisotopic (exact) mass is 313 g/mol. The Morgan fingerprint density at radius 2 is 2.14 bits per heavy atom. The third-order valence-corrected chi connectivity index (χ3v) is 4.05. The van der Waals surface area contributed by atoms with Crippen LogP contribution in [0, 0.1) is 25.2 Å². The molecule has 0 atom stereocenters. The normalized spacial score (nSPS) is 10.1. The molecule has 0 N–H and O–H groups in total. The zero-order valence-corrected chi connectivity index (χ0v) is 13.4. The van der Waals surface area contributed by atoms with Crippen molar-refractivity contribution in [3.63, 3.8) is 0 Å². The summed E-state index contributed by atoms with van der Waals surface area (Å²) in [6.45, 7) is 3.60. The van der Waals surface area contributed by atoms with Gasteiger partial charge in [-0.05, 0) is 31.5 Å². The molecule has 0 aliphatic heterocycles. The molecule has 2 aromatic rings. The summed E-state index contributed by atoms with van der Waals surface area (Å²) in [5.41, 5.74) is 2.65. The first-order valence-electron chi connectivity index (χ1n) is 6.60. The van der Waals surface area contributed by atoms with Gasteiger partial charge < -0.3 is 4.74 Å². The molecule has 0 aliphatic rings. The van der Waals surface area contributed by atoms with Crippen LogP contribution in [0.15, 0.2) is 29.3 Å². The molecule has 0 saturated carbocycles. The third-order valence-electron chi connectivity index (χ3n) is 3.00. The summed E-state index contributed by atoms with van der Waals surface area (Å²) in [6.07, 6.45) is 0. The Kier molecular flexibility index (Phi) is 5.12. The maximum atomic E-state index is 11.5. The second-order valence-electron chi connectivity index (χ2n) is 4.63. The molecule has 0 aliphatic carbocycles. The number of esters is 1. The molecule has 0 saturated heterocycles. The molecule has 0 bridgehead atoms. The van der Waals surface area contributed by atoms with E-state index in [1.54, 1.807) is 26.0 Å². The predicted molar refractivity (Wildman–Crippen MR) is 83.6 cm³/mol. The number of nitriles is 1. The highest BCUT2D eigenvalue weighted by atomic mass is 32.2. The van der Waals surface area contributed by atoms with E-state index in [9.17, 15) is 10.1 Å². The van der Waals surface area contributed by atoms with Crippen molar-refractivity contribution in [2.45, 2.75) is 24.6 Å². The van der Waals surface area contributed by atoms with Gasteiger partial charge in [0.15, 0.2) is 0 Å². The van der Waals surface area contributed by atoms with Gasteiger partial charge in [-0.1, -0.05) is 12.1 Å². The van der Waals surface area contributed by atoms with E-state index in [1.165, 1.54) is 18.9 Å². The van der Waals surface area contributed by atoms with E-state index in [4.69, 9.17) is 4.74 Å². The van der Waals surface area contributed by atoms with E-state index in [0.29, 0.717) is 33.4 Å². The minimum absolute atomic E-state index is 0.363. The van der Waals surface area contributed by atoms with Crippen LogP contribution in [0.3, 0.4) is 0 Å². The maximum absolute atomic E-state index is 11.5. The fourth-order valence-electron chi connectivity index (χ4n) is 1.97. The minimum Gasteiger partial charge on any atom is -0.465 e. The highest BCUT2D eigenvalue weighted by Crippen LogP contribution is 2.26. The van der Waals surface area contributed by atoms with Crippen LogP contribution in [-0.4, -0.2) is 23.0 Å². The fourth-order valence-corrected chi connectivity index (χ4v) is 2.99. The van der Waals surface area contributed by atoms with Gasteiger partial charge in [0.05, 0.1) is 18.4 Å². The quantitative estimate of drug-likeness (QED) is 0.490. The van der Waals surface area contributed by atoms with Crippen molar-refractivity contribution in [1.82, 2.24) is 9.97 Å². The Morgan fingerprint density at radius 1 is 1.36 bits per heavy atom. The molecule has 1 aromatic carbocycles. The smallest absolute Gasteiger partial charge is 0.337 e. The summed E-state index contributed by atoms with van der Waals surface area (Å²) in [7, 11) is 1.36. The molecule has 6 heteroatoms. The fraction of sp³-hybridized carbons (Fsp3) is 0.250. The molecule has 0 spiro atoms. The summed E-state index contributed by atoms with van der Waals surface area (Å²) >= 11 is 1.46. The second-order valence-corrected chi connectivity index (χ2v) is 5.59. The van der Waals surface area contributed by atoms with E-state index in [0.717, 1.165) is 5.56 Å². The van der Waals surface area contributed by atoms with Gasteiger partial charge in [-0.3, -0.25) is 0 Å². The summed E-state index contributed by atoms with van der Waals surface area (Å²) < 4.78 is 4.71. The van der Waals surface area contributed by atoms with Crippen LogP contribution in [0.2, 0.25) is 0 Å². The first-order valence-corrected chi connectivity index (χ1v) is 7.59. The van der Waals surface area contributed by atoms with Crippen molar-refractivity contribution in [2.24, 2.45) is 0 Å². The molecule has 1 aromatic heterocycles. The van der Waals surface area contributed by atoms with Crippen LogP contribution in [0.5, 0.6) is 0 Å². The summed E-state index contributed by atoms with van der Waals surface area (Å²) in [5.74, 6) is 0.885. The van der Waals surface area contributed by atoms with E-state index in [1.807, 2.05) is 12.1 Å². The van der Waals surface area contributed by atoms with Crippen molar-refractivity contribution in [1.29, 1.82) is 5.26 Å². The molecule has 0 unspecified atom stereocenters. The molecule has 22 heavy (non-hydrogen) atoms. The SMILES string of the molecule is COC(=O)c1cccc(CSc2nc(C)nc(C)c2C#N)c1. The number of thioether (sulfide) groups is 1. The number of benzene rings is 1. The Morgan fingerprint density at radius 3 is 2.82 bits per heavy atom. The van der Waals surface area contributed by atoms with Gasteiger partial charge in [-0.15, -0.1) is 11.8 Å². The second kappa shape index (κ2) is 7.05. The number of ether oxygens (including phenoxy) is 1. The van der Waals surface area contributed by atoms with E-state index >= 15 is 0 Å². The average molecular weight is 313 g/mol. The van der Waals surface area contributed by atoms with Crippen molar-refractivity contribution in [3.8, 4) is 6.07 Å². The Labute approximate surface area is 133 Å². The van der Waals surface area contributed by atoms with E-state index in [-0.39, 0.29) is 5.97 Å². The van der Waals surface area contributed by atoms with Gasteiger partial charge in [0.25, 0.3) is 0 Å². The lowest BCUT2D eigenvalue weighted by molar-refractivity contribution is 0.0600. The molecule has 1 heterocycles. The van der Waals surface area contributed by atoms with E-state index < -0.39 is 0 Å². The molecule has 5 nitrogen and oxygen atoms in total. The van der Waals surface area contributed by atoms with Gasteiger partial charge >= 0.3 is 5.97 Å². The Bertz CT molecular complexity index is 754. The first kappa shape index (κ1) is 16.0. The topological polar surface area (TPSA) is 75.9 Å². The van der Waals surface area contributed by atoms with Crippen LogP contribution in [0.1, 0.15) is 33.0 Å². The largest absolute Gasteiger partial charge is 0.465 e. The van der Waals surface area contributed by atoms with Crippen molar-refractivity contribution in [3.05, 3.63) is 52.5 Å². The molecular formula is C16H15N3O2S. The standard InChI is InChI=1S/C16H15N3O2S/c1-10-14(8-17)15(19-11(2)18-10)22-9-12-5-4-6-13(7-12)16(20)21-3/h4-7H,9H2,1-3H3. The number of aryl methyl sites for hydroxylation is 2. The van der Waals surface area contributed by atoms with Gasteiger partial charge in [-0.2, -0.15) is 5.26 Å². The first-order chi connectivity index (χ1) is 10.5. The lowest BCUT2D eigenvalue weighted by Gasteiger charge is -2.07. The van der Waals surface area contributed by atoms with Crippen LogP contribution >= 0.6 is 11.8 Å². The number of carbonyl (C=O) groups excluding carboxylic acids is 1. The lowest BCUT2D eigenvalue weighted by Crippen LogP contribution is -2.02. The van der Waals surface area contributed by atoms with Crippen molar-refractivity contribution in [2.75, 3.05) is 7.11 Å². The van der Waals surface area contributed by atoms with Gasteiger partial charge in [0.2, 0.25) is 0 Å². The number of hydrogen-bond donors (Lipinski definition) is 0. The Hall–Kier alpha value is -2.39. The number of hydrogen-bond acceptors (Lipinski definition) is 6. The zero-order valence-electron chi connectivity index (χ0n) is 12.6. The molecule has 0 radical (unpaired) electrons. The van der Waals surface area contributed by atoms with Gasteiger partial charge in [0, 0.05) is 5.75 Å². The molecule has 2 rings (SSSR count). The number of rotatable bonds is 4. The highest BCUT2D eigenvalue weighted by molar-refractivity contribution is 7.98. The van der Waals surface area contributed by atoms with Gasteiger partial charge in [0.1, 0.15) is 22.5 Å². The number of nitrogens with zero attached hydrogens (tertiary/aromatic N) is 3. The van der Waals surface area contributed by atoms with Crippen LogP contribution in [-0.2, 0) is 10.5 Å². The van der Waals surface area contributed by atoms with Crippen molar-refractivity contribution >= 4 is 17.7 Å². The van der Waals surface area contributed by atoms with E-state index in [2.05, 4.69) is 16.0 Å². The molecule has 0 amide bonds. The van der Waals surface area contributed by atoms with Crippen molar-refractivity contribution < 1.29 is 9.53 Å². The minimum atomic E-state index is -0.363. The third kappa shape index (κ3) is 3.62. The molecule has 0 fully saturated rings. The van der Waals surface area contributed by atoms with Gasteiger partial charge in [-0.25, -0.2) is 14.8 Å². The average Bonchev–Trinajstić information content (AvgIpc) is 2.52. The predicted octanol–water partition coefficient (Wildman–Crippen LogP) is 3.04. The molecule has 112 valence electrons. The summed E-state index contributed by atoms with van der Waals surface area (Å²) in [4.78, 5) is 20.1. The maximum Gasteiger partial charge on any atom is 0.337 e. The molecular weight excluding hydrogens is 298 g/mol. The highest BCUT2D eigenvalue weighted by Gasteiger charge is 2.11. The Balaban J connectivity index is 2.21. The van der Waals surface area contributed by atoms with Crippen LogP contribution in [0.25, 0.3) is 0 Å². The van der Waals surface area contributed by atoms with Crippen LogP contribution < -0.4 is 0 Å². The van der Waals surface area contributed by atoms with Crippen LogP contribution in [0.4, 0.5) is 0 Å². The number of methoxy groups -OCH3 is 1. The lowest BCUT2D eigenvalue weighted by atomic mass is 10.1. The summed E-state index contributed by atoms with van der Waals surface area (Å²) in [5, 5.41) is 9.89.